The van der Waals surface area contributed by atoms with Crippen LogP contribution in [0.1, 0.15) is 0 Å². The summed E-state index contributed by atoms with van der Waals surface area (Å²) in [4.78, 5) is 0. The average Bonchev–Trinajstić information content (AvgIpc) is 3.15. The molecular formula is C42H34Br2P2Pd. The summed E-state index contributed by atoms with van der Waals surface area (Å²) in [5, 5.41) is 8.39. The first kappa shape index (κ1) is 35.3. The van der Waals surface area contributed by atoms with E-state index in [4.69, 9.17) is 0 Å². The molecule has 0 nitrogen and oxygen atoms in total. The van der Waals surface area contributed by atoms with E-state index in [2.05, 4.69) is 236 Å². The molecule has 0 fully saturated rings. The number of rotatable bonds is 7. The molecule has 0 amide bonds. The molecule has 0 N–H and O–H groups in total. The van der Waals surface area contributed by atoms with Gasteiger partial charge in [0.2, 0.25) is 0 Å². The van der Waals surface area contributed by atoms with Gasteiger partial charge in [0, 0.05) is 0 Å². The van der Waals surface area contributed by atoms with Crippen LogP contribution in [-0.2, 0) is 16.0 Å². The first-order valence-electron chi connectivity index (χ1n) is 15.1. The molecule has 0 heterocycles. The molecular weight excluding hydrogens is 833 g/mol. The molecule has 5 heteroatoms. The van der Waals surface area contributed by atoms with Gasteiger partial charge >= 0.3 is 78.1 Å². The van der Waals surface area contributed by atoms with Crippen molar-refractivity contribution in [2.24, 2.45) is 0 Å². The number of hydrogen-bond acceptors (Lipinski definition) is 0. The van der Waals surface area contributed by atoms with Crippen LogP contribution in [0.3, 0.4) is 0 Å². The van der Waals surface area contributed by atoms with Crippen molar-refractivity contribution in [2.45, 2.75) is 0 Å². The topological polar surface area (TPSA) is 0 Å². The van der Waals surface area contributed by atoms with Gasteiger partial charge in [0.15, 0.2) is 0 Å². The fraction of sp³-hybridized carbons (Fsp3) is 0. The summed E-state index contributed by atoms with van der Waals surface area (Å²) in [6.45, 7) is 0. The van der Waals surface area contributed by atoms with Gasteiger partial charge in [0.25, 0.3) is 0 Å². The fourth-order valence-corrected chi connectivity index (χ4v) is 11.1. The molecule has 7 aromatic carbocycles. The summed E-state index contributed by atoms with van der Waals surface area (Å²) in [6, 6.07) is 73.0. The maximum Gasteiger partial charge on any atom is -0.0134 e. The Kier molecular flexibility index (Phi) is 14.8. The van der Waals surface area contributed by atoms with Gasteiger partial charge in [0.05, 0.1) is 0 Å². The van der Waals surface area contributed by atoms with Crippen molar-refractivity contribution < 1.29 is 16.0 Å². The van der Waals surface area contributed by atoms with Gasteiger partial charge in [-0.1, -0.05) is 182 Å². The minimum atomic E-state index is -0.446. The Morgan fingerprint density at radius 2 is 0.511 bits per heavy atom. The molecule has 47 heavy (non-hydrogen) atoms. The Morgan fingerprint density at radius 1 is 0.298 bits per heavy atom. The second-order valence-corrected chi connectivity index (χ2v) is 18.2. The molecule has 7 rings (SSSR count). The summed E-state index contributed by atoms with van der Waals surface area (Å²) in [5.74, 6) is 0. The summed E-state index contributed by atoms with van der Waals surface area (Å²) >= 11 is 7.33. The molecule has 0 atom stereocenters. The third-order valence-electron chi connectivity index (χ3n) is 6.94. The molecule has 0 radical (unpaired) electrons. The van der Waals surface area contributed by atoms with Crippen LogP contribution in [-0.4, -0.2) is 0 Å². The Hall–Kier alpha value is -2.98. The van der Waals surface area contributed by atoms with Crippen LogP contribution >= 0.6 is 45.2 Å². The molecule has 0 spiro atoms. The fourth-order valence-electron chi connectivity index (χ4n) is 4.82. The number of halogens is 2. The molecule has 0 aliphatic heterocycles. The monoisotopic (exact) mass is 864 g/mol. The van der Waals surface area contributed by atoms with Crippen molar-refractivity contribution in [3.05, 3.63) is 211 Å². The van der Waals surface area contributed by atoms with Gasteiger partial charge in [-0.3, -0.25) is 0 Å². The normalized spacial score (nSPS) is 10.5. The second-order valence-electron chi connectivity index (χ2n) is 10.1. The number of benzene rings is 7. The summed E-state index contributed by atoms with van der Waals surface area (Å²) in [5.41, 5.74) is 0. The van der Waals surface area contributed by atoms with Crippen LogP contribution in [0.4, 0.5) is 0 Å². The first-order valence-corrected chi connectivity index (χ1v) is 22.9. The molecule has 0 bridgehead atoms. The largest absolute Gasteiger partial charge is 0.0622 e. The summed E-state index contributed by atoms with van der Waals surface area (Å²) in [7, 11) is -0.892. The van der Waals surface area contributed by atoms with Gasteiger partial charge in [-0.25, -0.2) is 0 Å². The zero-order valence-electron chi connectivity index (χ0n) is 25.6. The SMILES string of the molecule is [Br][Pd][c]1ccc(Br)cc1.c1ccc(P(c2ccccc2)c2ccccc2)cc1.c1ccc(P(c2ccccc2)c2ccccc2)cc1. The molecule has 0 aliphatic rings. The predicted octanol–water partition coefficient (Wildman–Crippen LogP) is 9.36. The Bertz CT molecular complexity index is 1540. The Morgan fingerprint density at radius 3 is 0.702 bits per heavy atom. The Balaban J connectivity index is 0.000000148. The number of hydrogen-bond donors (Lipinski definition) is 0. The van der Waals surface area contributed by atoms with Crippen molar-refractivity contribution >= 4 is 81.1 Å². The zero-order valence-corrected chi connectivity index (χ0v) is 32.1. The quantitative estimate of drug-likeness (QED) is 0.111. The van der Waals surface area contributed by atoms with Crippen LogP contribution in [0, 0.1) is 0 Å². The van der Waals surface area contributed by atoms with E-state index in [1.807, 2.05) is 0 Å². The smallest absolute Gasteiger partial charge is 0.0134 e. The van der Waals surface area contributed by atoms with Gasteiger partial charge in [-0.2, -0.15) is 0 Å². The minimum absolute atomic E-state index is 0.446. The van der Waals surface area contributed by atoms with E-state index < -0.39 is 15.8 Å². The van der Waals surface area contributed by atoms with E-state index >= 15 is 0 Å². The van der Waals surface area contributed by atoms with Gasteiger partial charge in [-0.05, 0) is 47.7 Å². The van der Waals surface area contributed by atoms with Crippen LogP contribution in [0.25, 0.3) is 0 Å². The average molecular weight is 867 g/mol. The zero-order chi connectivity index (χ0) is 32.5. The van der Waals surface area contributed by atoms with Crippen LogP contribution < -0.4 is 35.9 Å². The Labute approximate surface area is 305 Å². The van der Waals surface area contributed by atoms with E-state index in [-0.39, 0.29) is 0 Å². The maximum absolute atomic E-state index is 3.42. The van der Waals surface area contributed by atoms with Crippen molar-refractivity contribution in [3.63, 3.8) is 0 Å². The molecule has 0 saturated heterocycles. The molecule has 7 aromatic rings. The minimum Gasteiger partial charge on any atom is -0.0622 e. The van der Waals surface area contributed by atoms with E-state index in [0.29, 0.717) is 16.0 Å². The second kappa shape index (κ2) is 19.7. The summed E-state index contributed by atoms with van der Waals surface area (Å²) in [6.07, 6.45) is 0. The van der Waals surface area contributed by atoms with Crippen molar-refractivity contribution in [1.29, 1.82) is 0 Å². The first-order chi connectivity index (χ1) is 23.2. The molecule has 0 aromatic heterocycles. The molecule has 236 valence electrons. The van der Waals surface area contributed by atoms with Crippen LogP contribution in [0.5, 0.6) is 0 Å². The standard InChI is InChI=1S/2C18H15P.C6H4Br.BrH.Pd/c2*1-4-10-16(11-5-1)19(17-12-6-2-7-13-17)18-14-8-3-9-15-18;7-6-4-2-1-3-5-6;;/h2*1-15H;2-5H;1H;/q;;;;+1/p-1. The van der Waals surface area contributed by atoms with Gasteiger partial charge < -0.3 is 0 Å². The van der Waals surface area contributed by atoms with Crippen LogP contribution in [0.2, 0.25) is 0 Å². The molecule has 0 unspecified atom stereocenters. The summed E-state index contributed by atoms with van der Waals surface area (Å²) < 4.78 is 2.49. The third kappa shape index (κ3) is 11.0. The third-order valence-corrected chi connectivity index (χ3v) is 14.9. The van der Waals surface area contributed by atoms with E-state index in [9.17, 15) is 0 Å². The van der Waals surface area contributed by atoms with E-state index in [1.165, 1.54) is 35.9 Å². The predicted molar refractivity (Wildman–Crippen MR) is 213 cm³/mol. The van der Waals surface area contributed by atoms with Gasteiger partial charge in [0.1, 0.15) is 0 Å². The van der Waals surface area contributed by atoms with E-state index in [0.717, 1.165) is 4.47 Å². The molecule has 0 aliphatic carbocycles. The van der Waals surface area contributed by atoms with Crippen molar-refractivity contribution in [1.82, 2.24) is 0 Å². The van der Waals surface area contributed by atoms with Crippen LogP contribution in [0.15, 0.2) is 211 Å². The van der Waals surface area contributed by atoms with Gasteiger partial charge in [-0.15, -0.1) is 0 Å². The maximum atomic E-state index is 3.42. The van der Waals surface area contributed by atoms with Crippen molar-refractivity contribution in [3.8, 4) is 0 Å². The van der Waals surface area contributed by atoms with Crippen molar-refractivity contribution in [2.75, 3.05) is 0 Å². The van der Waals surface area contributed by atoms with E-state index in [1.54, 1.807) is 0 Å². The molecule has 0 saturated carbocycles.